The van der Waals surface area contributed by atoms with E-state index in [1.807, 2.05) is 29.2 Å². The highest BCUT2D eigenvalue weighted by atomic mass is 16.5. The van der Waals surface area contributed by atoms with Crippen LogP contribution in [0.5, 0.6) is 5.88 Å². The van der Waals surface area contributed by atoms with Crippen molar-refractivity contribution < 1.29 is 9.53 Å². The first-order chi connectivity index (χ1) is 16.4. The van der Waals surface area contributed by atoms with Crippen LogP contribution in [0.3, 0.4) is 0 Å². The molecule has 1 unspecified atom stereocenters. The lowest BCUT2D eigenvalue weighted by Crippen LogP contribution is -2.42. The number of aromatic amines is 1. The van der Waals surface area contributed by atoms with Gasteiger partial charge in [-0.3, -0.25) is 9.59 Å². The van der Waals surface area contributed by atoms with Gasteiger partial charge in [-0.25, -0.2) is 4.98 Å². The van der Waals surface area contributed by atoms with E-state index >= 15 is 0 Å². The van der Waals surface area contributed by atoms with Gasteiger partial charge >= 0.3 is 0 Å². The Bertz CT molecular complexity index is 1080. The number of carbonyl (C=O) groups excluding carboxylic acids is 1. The monoisotopic (exact) mass is 465 g/mol. The molecule has 8 heteroatoms. The summed E-state index contributed by atoms with van der Waals surface area (Å²) in [6.07, 6.45) is 10.2. The lowest BCUT2D eigenvalue weighted by Gasteiger charge is -2.31. The Balaban J connectivity index is 1.52. The molecule has 1 aliphatic heterocycles. The fourth-order valence-electron chi connectivity index (χ4n) is 4.34. The number of nitrogens with one attached hydrogen (secondary N) is 2. The summed E-state index contributed by atoms with van der Waals surface area (Å²) in [6, 6.07) is 6.22. The Morgan fingerprint density at radius 1 is 1.32 bits per heavy atom. The van der Waals surface area contributed by atoms with Gasteiger partial charge < -0.3 is 24.8 Å². The predicted molar refractivity (Wildman–Crippen MR) is 134 cm³/mol. The van der Waals surface area contributed by atoms with Gasteiger partial charge in [0.1, 0.15) is 5.69 Å². The number of rotatable bonds is 10. The first-order valence-electron chi connectivity index (χ1n) is 12.1. The molecule has 8 nitrogen and oxygen atoms in total. The Morgan fingerprint density at radius 3 is 2.88 bits per heavy atom. The van der Waals surface area contributed by atoms with Gasteiger partial charge in [0.2, 0.25) is 11.8 Å². The van der Waals surface area contributed by atoms with Crippen molar-refractivity contribution in [1.82, 2.24) is 20.2 Å². The minimum Gasteiger partial charge on any atom is -0.481 e. The number of likely N-dealkylation sites (tertiary alicyclic amines) is 1. The lowest BCUT2D eigenvalue weighted by molar-refractivity contribution is -0.125. The highest BCUT2D eigenvalue weighted by molar-refractivity contribution is 5.88. The smallest absolute Gasteiger partial charge is 0.271 e. The highest BCUT2D eigenvalue weighted by Crippen LogP contribution is 2.34. The third-order valence-electron chi connectivity index (χ3n) is 6.44. The first-order valence-corrected chi connectivity index (χ1v) is 12.1. The number of amides is 1. The summed E-state index contributed by atoms with van der Waals surface area (Å²) in [5, 5.41) is 3.28. The number of hydrogen-bond donors (Lipinski definition) is 2. The normalized spacial score (nSPS) is 18.1. The molecule has 4 rings (SSSR count). The van der Waals surface area contributed by atoms with Crippen molar-refractivity contribution in [2.45, 2.75) is 45.2 Å². The van der Waals surface area contributed by atoms with Crippen LogP contribution in [0.25, 0.3) is 11.1 Å². The summed E-state index contributed by atoms with van der Waals surface area (Å²) in [4.78, 5) is 36.9. The maximum atomic E-state index is 12.9. The molecule has 0 bridgehead atoms. The summed E-state index contributed by atoms with van der Waals surface area (Å²) in [7, 11) is 1.59. The molecule has 2 aliphatic rings. The van der Waals surface area contributed by atoms with E-state index in [9.17, 15) is 9.59 Å². The van der Waals surface area contributed by atoms with Crippen molar-refractivity contribution in [3.63, 3.8) is 0 Å². The molecule has 1 saturated carbocycles. The number of ether oxygens (including phenoxy) is 1. The maximum absolute atomic E-state index is 12.9. The van der Waals surface area contributed by atoms with Crippen LogP contribution in [0.2, 0.25) is 0 Å². The van der Waals surface area contributed by atoms with Gasteiger partial charge in [0, 0.05) is 68.4 Å². The molecule has 2 N–H and O–H groups in total. The maximum Gasteiger partial charge on any atom is 0.271 e. The number of hydrogen-bond acceptors (Lipinski definition) is 6. The van der Waals surface area contributed by atoms with Crippen molar-refractivity contribution in [2.75, 3.05) is 38.2 Å². The van der Waals surface area contributed by atoms with E-state index in [4.69, 9.17) is 4.74 Å². The van der Waals surface area contributed by atoms with Crippen molar-refractivity contribution in [1.29, 1.82) is 0 Å². The highest BCUT2D eigenvalue weighted by Gasteiger charge is 2.34. The van der Waals surface area contributed by atoms with Crippen LogP contribution in [-0.4, -0.2) is 66.1 Å². The molecular weight excluding hydrogens is 430 g/mol. The standard InChI is InChI=1S/C26H35N5O3/c1-18(2)27-10-4-5-25(32)30-12-9-22(17-30)31(16-19-6-7-19)23-13-21(15-29-26(23)33)20-8-11-28-24(14-20)34-3/h4-5,8,11,13-15,18-19,22,27H,6-7,9-10,12,16-17H2,1-3H3,(H,29,33)/b5-4+. The predicted octanol–water partition coefficient (Wildman–Crippen LogP) is 2.82. The van der Waals surface area contributed by atoms with Crippen LogP contribution in [0.1, 0.15) is 33.1 Å². The number of methoxy groups -OCH3 is 1. The van der Waals surface area contributed by atoms with Crippen LogP contribution in [-0.2, 0) is 4.79 Å². The van der Waals surface area contributed by atoms with E-state index in [1.54, 1.807) is 25.6 Å². The molecule has 34 heavy (non-hydrogen) atoms. The number of H-pyrrole nitrogens is 1. The van der Waals surface area contributed by atoms with Crippen LogP contribution in [0, 0.1) is 5.92 Å². The van der Waals surface area contributed by atoms with Gasteiger partial charge in [-0.1, -0.05) is 19.9 Å². The van der Waals surface area contributed by atoms with Crippen LogP contribution in [0.15, 0.2) is 47.5 Å². The minimum atomic E-state index is -0.102. The molecule has 0 spiro atoms. The second-order valence-corrected chi connectivity index (χ2v) is 9.48. The Hall–Kier alpha value is -3.13. The molecule has 1 atom stereocenters. The van der Waals surface area contributed by atoms with E-state index in [1.165, 1.54) is 12.8 Å². The van der Waals surface area contributed by atoms with Crippen molar-refractivity contribution >= 4 is 11.6 Å². The SMILES string of the molecule is COc1cc(-c2c[nH]c(=O)c(N(CC3CC3)C3CCN(C(=O)/C=C/CNC(C)C)C3)c2)ccn1. The number of carbonyl (C=O) groups is 1. The topological polar surface area (TPSA) is 90.6 Å². The Labute approximate surface area is 201 Å². The summed E-state index contributed by atoms with van der Waals surface area (Å²) in [5.41, 5.74) is 2.40. The zero-order valence-electron chi connectivity index (χ0n) is 20.3. The third kappa shape index (κ3) is 6.05. The third-order valence-corrected chi connectivity index (χ3v) is 6.44. The molecule has 1 aliphatic carbocycles. The zero-order valence-corrected chi connectivity index (χ0v) is 20.3. The fraction of sp³-hybridized carbons (Fsp3) is 0.500. The number of pyridine rings is 2. The van der Waals surface area contributed by atoms with Crippen molar-refractivity contribution in [3.05, 3.63) is 53.1 Å². The molecule has 2 aromatic heterocycles. The number of aromatic nitrogens is 2. The minimum absolute atomic E-state index is 0.0333. The summed E-state index contributed by atoms with van der Waals surface area (Å²) < 4.78 is 5.26. The zero-order chi connectivity index (χ0) is 24.1. The fourth-order valence-corrected chi connectivity index (χ4v) is 4.34. The Kier molecular flexibility index (Phi) is 7.67. The average Bonchev–Trinajstić information content (AvgIpc) is 3.53. The van der Waals surface area contributed by atoms with E-state index in [0.29, 0.717) is 43.2 Å². The summed E-state index contributed by atoms with van der Waals surface area (Å²) >= 11 is 0. The second kappa shape index (κ2) is 10.9. The van der Waals surface area contributed by atoms with E-state index in [2.05, 4.69) is 34.0 Å². The van der Waals surface area contributed by atoms with Crippen LogP contribution < -0.4 is 20.5 Å². The molecular formula is C26H35N5O3. The van der Waals surface area contributed by atoms with Crippen LogP contribution >= 0.6 is 0 Å². The quantitative estimate of drug-likeness (QED) is 0.525. The van der Waals surface area contributed by atoms with E-state index in [-0.39, 0.29) is 17.5 Å². The molecule has 2 fully saturated rings. The summed E-state index contributed by atoms with van der Waals surface area (Å²) in [5.74, 6) is 1.17. The molecule has 182 valence electrons. The number of anilines is 1. The molecule has 0 radical (unpaired) electrons. The molecule has 3 heterocycles. The Morgan fingerprint density at radius 2 is 2.15 bits per heavy atom. The molecule has 0 aromatic carbocycles. The van der Waals surface area contributed by atoms with Gasteiger partial charge in [0.25, 0.3) is 5.56 Å². The van der Waals surface area contributed by atoms with E-state index in [0.717, 1.165) is 24.1 Å². The van der Waals surface area contributed by atoms with Gasteiger partial charge in [-0.15, -0.1) is 0 Å². The van der Waals surface area contributed by atoms with Gasteiger partial charge in [0.05, 0.1) is 7.11 Å². The van der Waals surface area contributed by atoms with Gasteiger partial charge in [-0.05, 0) is 42.9 Å². The molecule has 1 saturated heterocycles. The van der Waals surface area contributed by atoms with Gasteiger partial charge in [0.15, 0.2) is 0 Å². The number of nitrogens with zero attached hydrogens (tertiary/aromatic N) is 3. The molecule has 1 amide bonds. The van der Waals surface area contributed by atoms with Gasteiger partial charge in [-0.2, -0.15) is 0 Å². The average molecular weight is 466 g/mol. The lowest BCUT2D eigenvalue weighted by atomic mass is 10.1. The first kappa shape index (κ1) is 24.0. The van der Waals surface area contributed by atoms with E-state index < -0.39 is 0 Å². The van der Waals surface area contributed by atoms with Crippen molar-refractivity contribution in [2.24, 2.45) is 5.92 Å². The van der Waals surface area contributed by atoms with Crippen molar-refractivity contribution in [3.8, 4) is 17.0 Å². The second-order valence-electron chi connectivity index (χ2n) is 9.48. The molecule has 2 aromatic rings. The van der Waals surface area contributed by atoms with Crippen LogP contribution in [0.4, 0.5) is 5.69 Å². The largest absolute Gasteiger partial charge is 0.481 e. The summed E-state index contributed by atoms with van der Waals surface area (Å²) in [6.45, 7) is 7.00.